The van der Waals surface area contributed by atoms with Crippen molar-refractivity contribution in [3.05, 3.63) is 0 Å². The summed E-state index contributed by atoms with van der Waals surface area (Å²) in [4.78, 5) is 10.2. The van der Waals surface area contributed by atoms with Gasteiger partial charge in [-0.2, -0.15) is 176 Å². The third-order valence-corrected chi connectivity index (χ3v) is 7.09. The van der Waals surface area contributed by atoms with E-state index >= 15 is 0 Å². The number of ether oxygens (including phenoxy) is 1. The van der Waals surface area contributed by atoms with Crippen LogP contribution >= 0.6 is 0 Å². The zero-order chi connectivity index (χ0) is 51.8. The van der Waals surface area contributed by atoms with E-state index < -0.39 is 119 Å². The predicted molar refractivity (Wildman–Crippen MR) is 102 cm³/mol. The van der Waals surface area contributed by atoms with Gasteiger partial charge in [-0.25, -0.2) is 4.79 Å². The summed E-state index contributed by atoms with van der Waals surface area (Å²) in [7, 11) is 0. The second kappa shape index (κ2) is 14.1. The van der Waals surface area contributed by atoms with Crippen LogP contribution in [0.4, 0.5) is 176 Å². The van der Waals surface area contributed by atoms with Crippen molar-refractivity contribution in [3.8, 4) is 0 Å². The lowest BCUT2D eigenvalue weighted by molar-refractivity contribution is -0.496. The van der Waals surface area contributed by atoms with Gasteiger partial charge in [-0.05, 0) is 0 Å². The van der Waals surface area contributed by atoms with Crippen molar-refractivity contribution in [3.63, 3.8) is 0 Å². The van der Waals surface area contributed by atoms with Crippen molar-refractivity contribution in [2.75, 3.05) is 0 Å². The molecule has 0 N–H and O–H groups in total. The Bertz CT molecular complexity index is 1650. The molecule has 0 unspecified atom stereocenters. The maximum atomic E-state index is 13.9. The van der Waals surface area contributed by atoms with E-state index in [9.17, 15) is 180 Å². The summed E-state index contributed by atoms with van der Waals surface area (Å²) < 4.78 is 537. The van der Waals surface area contributed by atoms with Crippen LogP contribution in [-0.2, 0) is 9.53 Å². The summed E-state index contributed by atoms with van der Waals surface area (Å²) in [6.07, 6.45) is -24.3. The van der Waals surface area contributed by atoms with Crippen LogP contribution in [-0.4, -0.2) is 119 Å². The number of carbonyl (C=O) groups excluding carboxylic acids is 1. The Morgan fingerprint density at radius 3 is 0.468 bits per heavy atom. The molecule has 0 aromatic carbocycles. The van der Waals surface area contributed by atoms with Gasteiger partial charge in [-0.1, -0.05) is 0 Å². The number of carbonyl (C=O) groups is 1. The van der Waals surface area contributed by atoms with Crippen molar-refractivity contribution >= 4 is 5.97 Å². The third kappa shape index (κ3) is 6.80. The SMILES string of the molecule is O=C(OC(F)(F)C(F)(F)C(F)(F)C(F)(F)C(F)(F)C(F)(F)C(F)(F)C(F)(F)C(F)(F)C(F)(F)C(F)(F)C(F)(F)C(F)(F)C(F)(F)C(F)(F)C(F)(F)C(F)(F)C(F)(F)F)C(F)(F)F. The van der Waals surface area contributed by atoms with Crippen LogP contribution in [0.5, 0.6) is 0 Å². The molecule has 0 spiro atoms. The number of alkyl halides is 40. The van der Waals surface area contributed by atoms with Gasteiger partial charge in [0, 0.05) is 0 Å². The Balaban J connectivity index is 7.87. The highest BCUT2D eigenvalue weighted by Crippen LogP contribution is 2.70. The van der Waals surface area contributed by atoms with Crippen molar-refractivity contribution < 1.29 is 185 Å². The van der Waals surface area contributed by atoms with E-state index in [1.165, 1.54) is 4.74 Å². The van der Waals surface area contributed by atoms with E-state index in [2.05, 4.69) is 0 Å². The fraction of sp³-hybridized carbons (Fsp3) is 0.950. The van der Waals surface area contributed by atoms with Crippen LogP contribution in [0.3, 0.4) is 0 Å². The number of esters is 1. The Morgan fingerprint density at radius 1 is 0.210 bits per heavy atom. The fourth-order valence-electron chi connectivity index (χ4n) is 3.36. The molecular weight excluding hydrogens is 1030 g/mol. The smallest absolute Gasteiger partial charge is 0.389 e. The summed E-state index contributed by atoms with van der Waals surface area (Å²) in [6, 6.07) is 0. The zero-order valence-electron chi connectivity index (χ0n) is 25.9. The maximum Gasteiger partial charge on any atom is 0.491 e. The number of hydrogen-bond donors (Lipinski definition) is 0. The highest BCUT2D eigenvalue weighted by atomic mass is 19.4. The molecule has 0 aliphatic heterocycles. The fourth-order valence-corrected chi connectivity index (χ4v) is 3.36. The van der Waals surface area contributed by atoms with Crippen molar-refractivity contribution in [1.29, 1.82) is 0 Å². The molecule has 0 heterocycles. The van der Waals surface area contributed by atoms with E-state index in [0.717, 1.165) is 0 Å². The molecule has 0 aromatic rings. The van der Waals surface area contributed by atoms with Crippen LogP contribution < -0.4 is 0 Å². The molecule has 372 valence electrons. The summed E-state index contributed by atoms with van der Waals surface area (Å²) in [5.74, 6) is -167. The van der Waals surface area contributed by atoms with Gasteiger partial charge in [-0.3, -0.25) is 0 Å². The van der Waals surface area contributed by atoms with Crippen LogP contribution in [0.2, 0.25) is 0 Å². The van der Waals surface area contributed by atoms with Crippen LogP contribution in [0.25, 0.3) is 0 Å². The summed E-state index contributed by atoms with van der Waals surface area (Å²) in [5, 5.41) is 0. The van der Waals surface area contributed by atoms with Crippen molar-refractivity contribution in [1.82, 2.24) is 0 Å². The molecule has 0 saturated carbocycles. The van der Waals surface area contributed by atoms with E-state index in [1.54, 1.807) is 0 Å². The Morgan fingerprint density at radius 2 is 0.339 bits per heavy atom. The summed E-state index contributed by atoms with van der Waals surface area (Å²) >= 11 is 0. The van der Waals surface area contributed by atoms with E-state index in [0.29, 0.717) is 0 Å². The summed E-state index contributed by atoms with van der Waals surface area (Å²) in [6.45, 7) is 0. The molecule has 0 aromatic heterocycles. The molecule has 0 atom stereocenters. The topological polar surface area (TPSA) is 26.3 Å². The van der Waals surface area contributed by atoms with Gasteiger partial charge < -0.3 is 4.74 Å². The lowest BCUT2D eigenvalue weighted by Gasteiger charge is -2.47. The Labute approximate surface area is 306 Å². The van der Waals surface area contributed by atoms with E-state index in [4.69, 9.17) is 0 Å². The Kier molecular flexibility index (Phi) is 13.3. The molecule has 0 fully saturated rings. The van der Waals surface area contributed by atoms with Gasteiger partial charge in [0.25, 0.3) is 0 Å². The van der Waals surface area contributed by atoms with Crippen LogP contribution in [0, 0.1) is 0 Å². The zero-order valence-corrected chi connectivity index (χ0v) is 25.9. The van der Waals surface area contributed by atoms with Gasteiger partial charge >= 0.3 is 119 Å². The van der Waals surface area contributed by atoms with Gasteiger partial charge in [0.15, 0.2) is 0 Å². The van der Waals surface area contributed by atoms with Gasteiger partial charge in [-0.15, -0.1) is 0 Å². The third-order valence-electron chi connectivity index (χ3n) is 7.09. The first-order valence-corrected chi connectivity index (χ1v) is 12.7. The first-order valence-electron chi connectivity index (χ1n) is 12.7. The maximum absolute atomic E-state index is 13.9. The molecule has 62 heavy (non-hydrogen) atoms. The minimum Gasteiger partial charge on any atom is -0.389 e. The molecule has 0 aliphatic rings. The highest BCUT2D eigenvalue weighted by molar-refractivity contribution is 5.76. The molecule has 0 aliphatic carbocycles. The van der Waals surface area contributed by atoms with Crippen LogP contribution in [0.15, 0.2) is 0 Å². The minimum absolute atomic E-state index is 1.18. The lowest BCUT2D eigenvalue weighted by Crippen LogP contribution is -2.80. The van der Waals surface area contributed by atoms with Gasteiger partial charge in [0.2, 0.25) is 0 Å². The molecule has 0 saturated heterocycles. The first kappa shape index (κ1) is 58.7. The monoisotopic (exact) mass is 1030 g/mol. The number of hydrogen-bond acceptors (Lipinski definition) is 2. The Hall–Kier alpha value is -3.33. The molecule has 0 radical (unpaired) electrons. The lowest BCUT2D eigenvalue weighted by atomic mass is 9.82. The average molecular weight is 1030 g/mol. The molecule has 0 amide bonds. The highest BCUT2D eigenvalue weighted by Gasteiger charge is 3.03. The molecular formula is C20F40O2. The summed E-state index contributed by atoms with van der Waals surface area (Å²) in [5.41, 5.74) is 0. The van der Waals surface area contributed by atoms with Crippen LogP contribution in [0.1, 0.15) is 0 Å². The van der Waals surface area contributed by atoms with Crippen molar-refractivity contribution in [2.24, 2.45) is 0 Å². The van der Waals surface area contributed by atoms with E-state index in [-0.39, 0.29) is 0 Å². The van der Waals surface area contributed by atoms with Gasteiger partial charge in [0.1, 0.15) is 0 Å². The second-order valence-electron chi connectivity index (χ2n) is 11.1. The molecule has 42 heteroatoms. The first-order chi connectivity index (χ1) is 25.9. The number of rotatable bonds is 17. The number of halogens is 40. The predicted octanol–water partition coefficient (Wildman–Crippen LogP) is 12.4. The van der Waals surface area contributed by atoms with E-state index in [1.807, 2.05) is 0 Å². The minimum atomic E-state index is -10.6. The normalized spacial score (nSPS) is 17.1. The molecule has 0 rings (SSSR count). The van der Waals surface area contributed by atoms with Crippen molar-refractivity contribution in [2.45, 2.75) is 113 Å². The molecule has 0 bridgehead atoms. The van der Waals surface area contributed by atoms with Gasteiger partial charge in [0.05, 0.1) is 0 Å². The molecule has 2 nitrogen and oxygen atoms in total. The standard InChI is InChI=1S/C20F40O2/c21-2(22,23)1(61)62-20(59,60)18(54,55)16(50,51)14(46,47)12(42,43)10(38,39)8(34,35)6(30,31)4(26,27)3(24,25)5(28,29)7(32,33)9(36,37)11(40,41)13(44,45)15(48,49)17(52,53)19(56,57)58. The largest absolute Gasteiger partial charge is 0.491 e. The quantitative estimate of drug-likeness (QED) is 0.107. The average Bonchev–Trinajstić information content (AvgIpc) is 3.01. The second-order valence-corrected chi connectivity index (χ2v) is 11.1.